The van der Waals surface area contributed by atoms with Gasteiger partial charge in [-0.05, 0) is 17.7 Å². The molecule has 108 valence electrons. The monoisotopic (exact) mass is 279 g/mol. The molecule has 0 fully saturated rings. The van der Waals surface area contributed by atoms with Gasteiger partial charge in [0.05, 0.1) is 0 Å². The maximum Gasteiger partial charge on any atom is 0.253 e. The standard InChI is InChI=1S/C14H18FN3O2/c1-9(2)16-7-11-4-5-13(12(15)6-11)19-8-14-18-17-10(3)20-14/h4-6,9,16H,7-8H2,1-3H3. The summed E-state index contributed by atoms with van der Waals surface area (Å²) in [6.07, 6.45) is 0. The van der Waals surface area contributed by atoms with Gasteiger partial charge in [-0.2, -0.15) is 0 Å². The van der Waals surface area contributed by atoms with Crippen LogP contribution < -0.4 is 10.1 Å². The Balaban J connectivity index is 1.95. The number of benzene rings is 1. The number of nitrogens with zero attached hydrogens (tertiary/aromatic N) is 2. The van der Waals surface area contributed by atoms with Crippen LogP contribution in [0.4, 0.5) is 4.39 Å². The molecule has 0 radical (unpaired) electrons. The van der Waals surface area contributed by atoms with Gasteiger partial charge >= 0.3 is 0 Å². The molecule has 1 heterocycles. The number of hydrogen-bond donors (Lipinski definition) is 1. The number of aromatic nitrogens is 2. The van der Waals surface area contributed by atoms with E-state index in [-0.39, 0.29) is 12.4 Å². The van der Waals surface area contributed by atoms with Crippen molar-refractivity contribution in [3.63, 3.8) is 0 Å². The lowest BCUT2D eigenvalue weighted by atomic mass is 10.2. The summed E-state index contributed by atoms with van der Waals surface area (Å²) in [5, 5.41) is 10.7. The van der Waals surface area contributed by atoms with Crippen molar-refractivity contribution in [3.8, 4) is 5.75 Å². The Morgan fingerprint density at radius 3 is 2.75 bits per heavy atom. The summed E-state index contributed by atoms with van der Waals surface area (Å²) in [4.78, 5) is 0. The molecule has 0 atom stereocenters. The van der Waals surface area contributed by atoms with E-state index in [0.29, 0.717) is 24.4 Å². The number of nitrogens with one attached hydrogen (secondary N) is 1. The van der Waals surface area contributed by atoms with Crippen molar-refractivity contribution in [2.75, 3.05) is 0 Å². The first kappa shape index (κ1) is 14.5. The van der Waals surface area contributed by atoms with Crippen LogP contribution in [0.1, 0.15) is 31.2 Å². The van der Waals surface area contributed by atoms with Gasteiger partial charge in [-0.3, -0.25) is 0 Å². The summed E-state index contributed by atoms with van der Waals surface area (Å²) in [5.41, 5.74) is 0.872. The number of ether oxygens (including phenoxy) is 1. The van der Waals surface area contributed by atoms with Gasteiger partial charge in [-0.25, -0.2) is 4.39 Å². The van der Waals surface area contributed by atoms with Crippen molar-refractivity contribution in [2.45, 2.75) is 40.0 Å². The molecule has 1 aromatic carbocycles. The third kappa shape index (κ3) is 4.03. The Bertz CT molecular complexity index is 569. The van der Waals surface area contributed by atoms with Gasteiger partial charge in [-0.15, -0.1) is 10.2 Å². The van der Waals surface area contributed by atoms with E-state index in [2.05, 4.69) is 15.5 Å². The van der Waals surface area contributed by atoms with Gasteiger partial charge < -0.3 is 14.5 Å². The van der Waals surface area contributed by atoms with Crippen molar-refractivity contribution in [1.29, 1.82) is 0 Å². The molecule has 5 nitrogen and oxygen atoms in total. The van der Waals surface area contributed by atoms with Crippen molar-refractivity contribution in [1.82, 2.24) is 15.5 Å². The third-order valence-electron chi connectivity index (χ3n) is 2.63. The van der Waals surface area contributed by atoms with Gasteiger partial charge in [0.2, 0.25) is 5.89 Å². The van der Waals surface area contributed by atoms with Gasteiger partial charge in [0.25, 0.3) is 5.89 Å². The molecule has 6 heteroatoms. The Morgan fingerprint density at radius 2 is 2.15 bits per heavy atom. The lowest BCUT2D eigenvalue weighted by Crippen LogP contribution is -2.21. The number of aryl methyl sites for hydroxylation is 1. The Hall–Kier alpha value is -1.95. The molecular weight excluding hydrogens is 261 g/mol. The second kappa shape index (κ2) is 6.47. The predicted octanol–water partition coefficient (Wildman–Crippen LogP) is 2.59. The summed E-state index contributed by atoms with van der Waals surface area (Å²) in [6, 6.07) is 5.25. The predicted molar refractivity (Wildman–Crippen MR) is 71.7 cm³/mol. The fraction of sp³-hybridized carbons (Fsp3) is 0.429. The quantitative estimate of drug-likeness (QED) is 0.880. The minimum Gasteiger partial charge on any atom is -0.481 e. The molecule has 0 spiro atoms. The third-order valence-corrected chi connectivity index (χ3v) is 2.63. The second-order valence-corrected chi connectivity index (χ2v) is 4.80. The molecule has 1 N–H and O–H groups in total. The normalized spacial score (nSPS) is 11.1. The van der Waals surface area contributed by atoms with Crippen LogP contribution in [-0.4, -0.2) is 16.2 Å². The summed E-state index contributed by atoms with van der Waals surface area (Å²) in [7, 11) is 0. The molecule has 0 saturated carbocycles. The van der Waals surface area contributed by atoms with Crippen LogP contribution >= 0.6 is 0 Å². The number of hydrogen-bond acceptors (Lipinski definition) is 5. The molecule has 0 aliphatic rings. The molecule has 20 heavy (non-hydrogen) atoms. The van der Waals surface area contributed by atoms with Crippen LogP contribution in [-0.2, 0) is 13.2 Å². The van der Waals surface area contributed by atoms with Crippen molar-refractivity contribution >= 4 is 0 Å². The maximum atomic E-state index is 13.9. The van der Waals surface area contributed by atoms with E-state index in [9.17, 15) is 4.39 Å². The minimum absolute atomic E-state index is 0.0569. The molecule has 2 aromatic rings. The first-order valence-corrected chi connectivity index (χ1v) is 6.48. The summed E-state index contributed by atoms with van der Waals surface area (Å²) < 4.78 is 24.3. The molecule has 0 saturated heterocycles. The largest absolute Gasteiger partial charge is 0.481 e. The average molecular weight is 279 g/mol. The highest BCUT2D eigenvalue weighted by Crippen LogP contribution is 2.19. The van der Waals surface area contributed by atoms with Crippen LogP contribution in [0.25, 0.3) is 0 Å². The molecule has 0 aliphatic heterocycles. The SMILES string of the molecule is Cc1nnc(COc2ccc(CNC(C)C)cc2F)o1. The highest BCUT2D eigenvalue weighted by Gasteiger charge is 2.08. The Kier molecular flexibility index (Phi) is 4.68. The number of rotatable bonds is 6. The lowest BCUT2D eigenvalue weighted by Gasteiger charge is -2.10. The number of halogens is 1. The van der Waals surface area contributed by atoms with E-state index >= 15 is 0 Å². The van der Waals surface area contributed by atoms with Gasteiger partial charge in [0.1, 0.15) is 0 Å². The summed E-state index contributed by atoms with van der Waals surface area (Å²) in [5.74, 6) is 0.560. The molecule has 0 bridgehead atoms. The molecule has 0 aliphatic carbocycles. The minimum atomic E-state index is -0.399. The molecule has 0 amide bonds. The Labute approximate surface area is 117 Å². The summed E-state index contributed by atoms with van der Waals surface area (Å²) >= 11 is 0. The van der Waals surface area contributed by atoms with E-state index in [1.807, 2.05) is 19.9 Å². The van der Waals surface area contributed by atoms with Crippen LogP contribution in [0.3, 0.4) is 0 Å². The van der Waals surface area contributed by atoms with Gasteiger partial charge in [-0.1, -0.05) is 19.9 Å². The van der Waals surface area contributed by atoms with Crippen LogP contribution in [0.15, 0.2) is 22.6 Å². The van der Waals surface area contributed by atoms with Crippen molar-refractivity contribution < 1.29 is 13.5 Å². The Morgan fingerprint density at radius 1 is 1.35 bits per heavy atom. The van der Waals surface area contributed by atoms with E-state index in [0.717, 1.165) is 5.56 Å². The van der Waals surface area contributed by atoms with Crippen molar-refractivity contribution in [3.05, 3.63) is 41.4 Å². The van der Waals surface area contributed by atoms with Crippen LogP contribution in [0, 0.1) is 12.7 Å². The fourth-order valence-corrected chi connectivity index (χ4v) is 1.63. The van der Waals surface area contributed by atoms with E-state index in [1.54, 1.807) is 13.0 Å². The smallest absolute Gasteiger partial charge is 0.253 e. The maximum absolute atomic E-state index is 13.9. The zero-order chi connectivity index (χ0) is 14.5. The fourth-order valence-electron chi connectivity index (χ4n) is 1.63. The van der Waals surface area contributed by atoms with Crippen molar-refractivity contribution in [2.24, 2.45) is 0 Å². The molecule has 1 aromatic heterocycles. The average Bonchev–Trinajstić information content (AvgIpc) is 2.81. The summed E-state index contributed by atoms with van der Waals surface area (Å²) in [6.45, 7) is 6.45. The first-order chi connectivity index (χ1) is 9.54. The highest BCUT2D eigenvalue weighted by atomic mass is 19.1. The topological polar surface area (TPSA) is 60.2 Å². The van der Waals surface area contributed by atoms with Crippen LogP contribution in [0.2, 0.25) is 0 Å². The van der Waals surface area contributed by atoms with Gasteiger partial charge in [0.15, 0.2) is 18.2 Å². The highest BCUT2D eigenvalue weighted by molar-refractivity contribution is 5.29. The zero-order valence-corrected chi connectivity index (χ0v) is 11.8. The zero-order valence-electron chi connectivity index (χ0n) is 11.8. The molecule has 0 unspecified atom stereocenters. The first-order valence-electron chi connectivity index (χ1n) is 6.48. The van der Waals surface area contributed by atoms with E-state index in [4.69, 9.17) is 9.15 Å². The second-order valence-electron chi connectivity index (χ2n) is 4.80. The van der Waals surface area contributed by atoms with E-state index in [1.165, 1.54) is 6.07 Å². The molecular formula is C14H18FN3O2. The molecule has 2 rings (SSSR count). The van der Waals surface area contributed by atoms with E-state index < -0.39 is 5.82 Å². The lowest BCUT2D eigenvalue weighted by molar-refractivity contribution is 0.249. The van der Waals surface area contributed by atoms with Crippen LogP contribution in [0.5, 0.6) is 5.75 Å². The van der Waals surface area contributed by atoms with Gasteiger partial charge in [0, 0.05) is 19.5 Å².